The van der Waals surface area contributed by atoms with Crippen LogP contribution in [0.3, 0.4) is 0 Å². The van der Waals surface area contributed by atoms with Crippen molar-refractivity contribution in [3.8, 4) is 33.6 Å². The number of nitrogens with zero attached hydrogens (tertiary/aromatic N) is 2. The Kier molecular flexibility index (Phi) is 5.56. The topological polar surface area (TPSA) is 9.86 Å². The van der Waals surface area contributed by atoms with Gasteiger partial charge in [0.2, 0.25) is 0 Å². The average molecular weight is 722 g/mol. The second-order valence-electron chi connectivity index (χ2n) is 14.1. The third-order valence-corrected chi connectivity index (χ3v) is 12.3. The van der Waals surface area contributed by atoms with Crippen molar-refractivity contribution in [3.63, 3.8) is 0 Å². The molecule has 0 radical (unpaired) electrons. The van der Waals surface area contributed by atoms with Gasteiger partial charge in [0.15, 0.2) is 0 Å². The Bertz CT molecular complexity index is 3770. The second kappa shape index (κ2) is 11.8. The Morgan fingerprint density at radius 1 is 0.400 bits per heavy atom. The predicted octanol–water partition coefficient (Wildman–Crippen LogP) is 14.7. The quantitative estimate of drug-likeness (QED) is 0.171. The molecule has 55 heavy (non-hydrogen) atoms. The highest BCUT2D eigenvalue weighted by atomic mass is 32.1. The van der Waals surface area contributed by atoms with Crippen molar-refractivity contribution in [2.45, 2.75) is 0 Å². The molecule has 0 aliphatic heterocycles. The van der Waals surface area contributed by atoms with Gasteiger partial charge in [-0.05, 0) is 88.3 Å². The second-order valence-corrected chi connectivity index (χ2v) is 15.2. The molecule has 256 valence electrons. The first-order valence-electron chi connectivity index (χ1n) is 20.9. The first-order chi connectivity index (χ1) is 29.4. The first-order valence-corrected chi connectivity index (χ1v) is 19.3. The molecule has 3 heteroatoms. The molecule has 0 N–H and O–H groups in total. The number of thiophene rings is 1. The van der Waals surface area contributed by atoms with Gasteiger partial charge in [-0.25, -0.2) is 0 Å². The number of para-hydroxylation sites is 2. The van der Waals surface area contributed by atoms with Crippen molar-refractivity contribution in [2.75, 3.05) is 0 Å². The Morgan fingerprint density at radius 3 is 1.78 bits per heavy atom. The molecule has 0 saturated heterocycles. The molecule has 0 aliphatic carbocycles. The van der Waals surface area contributed by atoms with Crippen LogP contribution < -0.4 is 0 Å². The number of hydrogen-bond donors (Lipinski definition) is 0. The molecule has 0 bridgehead atoms. The highest BCUT2D eigenvalue weighted by molar-refractivity contribution is 7.26. The Hall–Kier alpha value is -6.94. The molecule has 0 aliphatic rings. The molecule has 0 unspecified atom stereocenters. The maximum atomic E-state index is 8.71. The lowest BCUT2D eigenvalue weighted by Crippen LogP contribution is -1.95. The minimum atomic E-state index is -0.388. The van der Waals surface area contributed by atoms with Gasteiger partial charge in [0.1, 0.15) is 0 Å². The van der Waals surface area contributed by atoms with Crippen LogP contribution in [0.4, 0.5) is 0 Å². The van der Waals surface area contributed by atoms with Crippen LogP contribution >= 0.6 is 11.3 Å². The molecule has 0 spiro atoms. The normalized spacial score (nSPS) is 13.3. The standard InChI is InChI=1S/C52H32N2S/c1-2-12-34(13-3-1)39-19-11-23-50-52(39)42-27-26-37(32-51(42)55-50)53-46-20-8-6-17-40(46)43-30-35(24-28-48(43)53)36-25-29-49-44(31-36)41-18-7-9-21-47(41)54(49)45-22-10-15-33-14-4-5-16-38(33)45/h1-32H/i1D,2D,3D,12D,13D. The highest BCUT2D eigenvalue weighted by Crippen LogP contribution is 2.43. The lowest BCUT2D eigenvalue weighted by Gasteiger charge is -2.12. The van der Waals surface area contributed by atoms with Gasteiger partial charge < -0.3 is 9.13 Å². The van der Waals surface area contributed by atoms with E-state index in [1.807, 2.05) is 18.2 Å². The highest BCUT2D eigenvalue weighted by Gasteiger charge is 2.18. The minimum absolute atomic E-state index is 0.193. The van der Waals surface area contributed by atoms with Crippen LogP contribution in [0.5, 0.6) is 0 Å². The molecular weight excluding hydrogens is 685 g/mol. The number of benzene rings is 9. The Balaban J connectivity index is 1.01. The third-order valence-electron chi connectivity index (χ3n) is 11.2. The van der Waals surface area contributed by atoms with Gasteiger partial charge in [-0.3, -0.25) is 0 Å². The number of hydrogen-bond acceptors (Lipinski definition) is 1. The van der Waals surface area contributed by atoms with Gasteiger partial charge in [0.25, 0.3) is 0 Å². The first kappa shape index (κ1) is 25.9. The van der Waals surface area contributed by atoms with Crippen LogP contribution in [0.1, 0.15) is 6.85 Å². The van der Waals surface area contributed by atoms with Crippen molar-refractivity contribution in [3.05, 3.63) is 194 Å². The van der Waals surface area contributed by atoms with E-state index >= 15 is 0 Å². The minimum Gasteiger partial charge on any atom is -0.309 e. The summed E-state index contributed by atoms with van der Waals surface area (Å²) < 4.78 is 49.0. The van der Waals surface area contributed by atoms with Gasteiger partial charge in [-0.15, -0.1) is 11.3 Å². The van der Waals surface area contributed by atoms with E-state index in [0.717, 1.165) is 48.0 Å². The van der Waals surface area contributed by atoms with Crippen LogP contribution in [-0.4, -0.2) is 9.13 Å². The zero-order chi connectivity index (χ0) is 40.4. The molecule has 3 heterocycles. The summed E-state index contributed by atoms with van der Waals surface area (Å²) in [6.45, 7) is 0. The summed E-state index contributed by atoms with van der Waals surface area (Å²) >= 11 is 1.65. The van der Waals surface area contributed by atoms with Gasteiger partial charge in [-0.2, -0.15) is 0 Å². The van der Waals surface area contributed by atoms with E-state index in [1.165, 1.54) is 49.0 Å². The van der Waals surface area contributed by atoms with Crippen LogP contribution in [0.15, 0.2) is 194 Å². The summed E-state index contributed by atoms with van der Waals surface area (Å²) in [4.78, 5) is 0. The van der Waals surface area contributed by atoms with Gasteiger partial charge in [-0.1, -0.05) is 133 Å². The largest absolute Gasteiger partial charge is 0.309 e. The fraction of sp³-hybridized carbons (Fsp3) is 0. The molecule has 9 aromatic carbocycles. The zero-order valence-electron chi connectivity index (χ0n) is 34.4. The number of rotatable bonds is 4. The monoisotopic (exact) mass is 721 g/mol. The van der Waals surface area contributed by atoms with E-state index in [9.17, 15) is 0 Å². The van der Waals surface area contributed by atoms with Crippen molar-refractivity contribution >= 4 is 85.9 Å². The van der Waals surface area contributed by atoms with Crippen molar-refractivity contribution in [2.24, 2.45) is 0 Å². The lowest BCUT2D eigenvalue weighted by molar-refractivity contribution is 1.19. The van der Waals surface area contributed by atoms with Crippen LogP contribution in [0.2, 0.25) is 0 Å². The molecule has 0 atom stereocenters. The van der Waals surface area contributed by atoms with Gasteiger partial charge in [0.05, 0.1) is 34.6 Å². The molecule has 3 aromatic heterocycles. The van der Waals surface area contributed by atoms with E-state index in [1.54, 1.807) is 11.3 Å². The number of aromatic nitrogens is 2. The van der Waals surface area contributed by atoms with E-state index in [4.69, 9.17) is 6.85 Å². The fourth-order valence-corrected chi connectivity index (χ4v) is 9.96. The van der Waals surface area contributed by atoms with E-state index in [-0.39, 0.29) is 35.8 Å². The molecule has 0 saturated carbocycles. The van der Waals surface area contributed by atoms with E-state index < -0.39 is 0 Å². The van der Waals surface area contributed by atoms with Crippen LogP contribution in [0.25, 0.3) is 108 Å². The maximum absolute atomic E-state index is 8.71. The average Bonchev–Trinajstić information content (AvgIpc) is 3.94. The van der Waals surface area contributed by atoms with E-state index in [2.05, 4.69) is 155 Å². The molecule has 0 amide bonds. The summed E-state index contributed by atoms with van der Waals surface area (Å²) in [6.07, 6.45) is 0. The molecular formula is C52H32N2S. The van der Waals surface area contributed by atoms with Crippen LogP contribution in [0, 0.1) is 0 Å². The van der Waals surface area contributed by atoms with Crippen LogP contribution in [-0.2, 0) is 0 Å². The molecule has 12 aromatic rings. The fourth-order valence-electron chi connectivity index (χ4n) is 8.79. The van der Waals surface area contributed by atoms with E-state index in [0.29, 0.717) is 5.56 Å². The maximum Gasteiger partial charge on any atom is 0.0629 e. The third kappa shape index (κ3) is 4.54. The van der Waals surface area contributed by atoms with Gasteiger partial charge in [0, 0.05) is 52.8 Å². The number of fused-ring (bicyclic) bond motifs is 10. The smallest absolute Gasteiger partial charge is 0.0629 e. The molecule has 0 fully saturated rings. The molecule has 12 rings (SSSR count). The summed E-state index contributed by atoms with van der Waals surface area (Å²) in [5.74, 6) is 0. The van der Waals surface area contributed by atoms with Gasteiger partial charge >= 0.3 is 0 Å². The zero-order valence-corrected chi connectivity index (χ0v) is 30.2. The summed E-state index contributed by atoms with van der Waals surface area (Å²) in [7, 11) is 0. The lowest BCUT2D eigenvalue weighted by atomic mass is 9.99. The SMILES string of the molecule is [2H]c1c([2H])c([2H])c(-c2cccc3sc4cc(-n5c6ccccc6c6cc(-c7ccc8c(c7)c7ccccc7n8-c7cccc8ccccc78)ccc65)ccc4c23)c([2H])c1[2H]. The summed E-state index contributed by atoms with van der Waals surface area (Å²) in [6, 6.07) is 56.8. The van der Waals surface area contributed by atoms with Crippen molar-refractivity contribution in [1.82, 2.24) is 9.13 Å². The Morgan fingerprint density at radius 2 is 1.02 bits per heavy atom. The predicted molar refractivity (Wildman–Crippen MR) is 236 cm³/mol. The van der Waals surface area contributed by atoms with Crippen molar-refractivity contribution in [1.29, 1.82) is 0 Å². The molecule has 2 nitrogen and oxygen atoms in total. The summed E-state index contributed by atoms with van der Waals surface area (Å²) in [5, 5.41) is 9.09. The van der Waals surface area contributed by atoms with Crippen molar-refractivity contribution < 1.29 is 6.85 Å². The Labute approximate surface area is 328 Å². The summed E-state index contributed by atoms with van der Waals surface area (Å²) in [5.41, 5.74) is 9.94.